The fourth-order valence-corrected chi connectivity index (χ4v) is 2.32. The van der Waals surface area contributed by atoms with Gasteiger partial charge in [-0.3, -0.25) is 4.79 Å². The molecule has 4 nitrogen and oxygen atoms in total. The van der Waals surface area contributed by atoms with Crippen LogP contribution in [0, 0.1) is 0 Å². The van der Waals surface area contributed by atoms with E-state index in [0.29, 0.717) is 6.04 Å². The number of likely N-dealkylation sites (tertiary alicyclic amines) is 1. The zero-order valence-corrected chi connectivity index (χ0v) is 10.6. The monoisotopic (exact) mass is 235 g/mol. The summed E-state index contributed by atoms with van der Waals surface area (Å²) in [6.45, 7) is 5.09. The maximum absolute atomic E-state index is 11.6. The summed E-state index contributed by atoms with van der Waals surface area (Å²) in [5, 5.41) is 3.50. The van der Waals surface area contributed by atoms with Crippen molar-refractivity contribution >= 4 is 5.69 Å². The highest BCUT2D eigenvalue weighted by Gasteiger charge is 2.18. The third kappa shape index (κ3) is 3.09. The summed E-state index contributed by atoms with van der Waals surface area (Å²) < 4.78 is 1.78. The van der Waals surface area contributed by atoms with Gasteiger partial charge in [0, 0.05) is 31.4 Å². The van der Waals surface area contributed by atoms with E-state index >= 15 is 0 Å². The molecule has 1 N–H and O–H groups in total. The standard InChI is InChI=1S/C13H21N3O/c1-3-7-16-10-11(4-5-13(16)17)14-12-6-8-15(2)9-12/h4-5,10,12,14H,3,6-9H2,1-2H3. The Kier molecular flexibility index (Phi) is 3.84. The van der Waals surface area contributed by atoms with E-state index < -0.39 is 0 Å². The number of hydrogen-bond donors (Lipinski definition) is 1. The largest absolute Gasteiger partial charge is 0.380 e. The Morgan fingerprint density at radius 3 is 2.94 bits per heavy atom. The van der Waals surface area contributed by atoms with Crippen molar-refractivity contribution in [2.75, 3.05) is 25.5 Å². The lowest BCUT2D eigenvalue weighted by Crippen LogP contribution is -2.25. The van der Waals surface area contributed by atoms with Crippen LogP contribution in [0.4, 0.5) is 5.69 Å². The van der Waals surface area contributed by atoms with E-state index in [2.05, 4.69) is 24.2 Å². The number of likely N-dealkylation sites (N-methyl/N-ethyl adjacent to an activating group) is 1. The maximum Gasteiger partial charge on any atom is 0.250 e. The molecule has 1 unspecified atom stereocenters. The predicted molar refractivity (Wildman–Crippen MR) is 70.5 cm³/mol. The zero-order valence-electron chi connectivity index (χ0n) is 10.6. The summed E-state index contributed by atoms with van der Waals surface area (Å²) in [7, 11) is 2.14. The number of nitrogens with zero attached hydrogens (tertiary/aromatic N) is 2. The average molecular weight is 235 g/mol. The van der Waals surface area contributed by atoms with Crippen molar-refractivity contribution in [1.29, 1.82) is 0 Å². The average Bonchev–Trinajstić information content (AvgIpc) is 2.69. The summed E-state index contributed by atoms with van der Waals surface area (Å²) in [4.78, 5) is 13.9. The molecule has 2 heterocycles. The fourth-order valence-electron chi connectivity index (χ4n) is 2.32. The van der Waals surface area contributed by atoms with Gasteiger partial charge in [0.1, 0.15) is 0 Å². The van der Waals surface area contributed by atoms with Gasteiger partial charge in [0.25, 0.3) is 5.56 Å². The molecular weight excluding hydrogens is 214 g/mol. The quantitative estimate of drug-likeness (QED) is 0.856. The molecule has 0 saturated carbocycles. The van der Waals surface area contributed by atoms with Crippen LogP contribution in [-0.2, 0) is 6.54 Å². The molecule has 0 amide bonds. The first-order chi connectivity index (χ1) is 8.19. The van der Waals surface area contributed by atoms with Crippen molar-refractivity contribution < 1.29 is 0 Å². The SMILES string of the molecule is CCCn1cc(NC2CCN(C)C2)ccc1=O. The van der Waals surface area contributed by atoms with Gasteiger partial charge in [-0.25, -0.2) is 0 Å². The minimum atomic E-state index is 0.0842. The molecule has 1 atom stereocenters. The highest BCUT2D eigenvalue weighted by Crippen LogP contribution is 2.13. The van der Waals surface area contributed by atoms with E-state index in [1.54, 1.807) is 10.6 Å². The second-order valence-electron chi connectivity index (χ2n) is 4.84. The predicted octanol–water partition coefficient (Wildman–Crippen LogP) is 1.37. The van der Waals surface area contributed by atoms with Crippen LogP contribution in [0.5, 0.6) is 0 Å². The number of hydrogen-bond acceptors (Lipinski definition) is 3. The Morgan fingerprint density at radius 1 is 1.47 bits per heavy atom. The first-order valence-corrected chi connectivity index (χ1v) is 6.34. The molecule has 17 heavy (non-hydrogen) atoms. The van der Waals surface area contributed by atoms with Gasteiger partial charge in [-0.1, -0.05) is 6.92 Å². The molecule has 1 aromatic heterocycles. The number of pyridine rings is 1. The van der Waals surface area contributed by atoms with Gasteiger partial charge in [-0.2, -0.15) is 0 Å². The van der Waals surface area contributed by atoms with Crippen LogP contribution in [0.1, 0.15) is 19.8 Å². The summed E-state index contributed by atoms with van der Waals surface area (Å²) in [5.41, 5.74) is 1.14. The normalized spacial score (nSPS) is 20.7. The number of anilines is 1. The summed E-state index contributed by atoms with van der Waals surface area (Å²) in [6, 6.07) is 4.04. The van der Waals surface area contributed by atoms with E-state index in [4.69, 9.17) is 0 Å². The van der Waals surface area contributed by atoms with Crippen molar-refractivity contribution in [3.05, 3.63) is 28.7 Å². The molecular formula is C13H21N3O. The topological polar surface area (TPSA) is 37.3 Å². The van der Waals surface area contributed by atoms with Crippen molar-refractivity contribution in [3.8, 4) is 0 Å². The summed E-state index contributed by atoms with van der Waals surface area (Å²) in [6.07, 6.45) is 4.09. The molecule has 2 rings (SSSR count). The van der Waals surface area contributed by atoms with Crippen LogP contribution >= 0.6 is 0 Å². The summed E-state index contributed by atoms with van der Waals surface area (Å²) >= 11 is 0. The Bertz CT molecular complexity index is 427. The first-order valence-electron chi connectivity index (χ1n) is 6.34. The first kappa shape index (κ1) is 12.2. The minimum absolute atomic E-state index is 0.0842. The van der Waals surface area contributed by atoms with Gasteiger partial charge in [0.2, 0.25) is 0 Å². The van der Waals surface area contributed by atoms with Gasteiger partial charge in [-0.05, 0) is 32.5 Å². The van der Waals surface area contributed by atoms with Crippen LogP contribution in [0.3, 0.4) is 0 Å². The maximum atomic E-state index is 11.6. The Morgan fingerprint density at radius 2 is 2.29 bits per heavy atom. The molecule has 0 spiro atoms. The smallest absolute Gasteiger partial charge is 0.250 e. The van der Waals surface area contributed by atoms with Crippen LogP contribution in [0.15, 0.2) is 23.1 Å². The Hall–Kier alpha value is -1.29. The van der Waals surface area contributed by atoms with E-state index in [0.717, 1.165) is 31.7 Å². The van der Waals surface area contributed by atoms with Gasteiger partial charge in [-0.15, -0.1) is 0 Å². The molecule has 1 saturated heterocycles. The molecule has 1 fully saturated rings. The minimum Gasteiger partial charge on any atom is -0.380 e. The van der Waals surface area contributed by atoms with E-state index in [9.17, 15) is 4.79 Å². The van der Waals surface area contributed by atoms with Gasteiger partial charge < -0.3 is 14.8 Å². The number of aryl methyl sites for hydroxylation is 1. The number of aromatic nitrogens is 1. The molecule has 4 heteroatoms. The van der Waals surface area contributed by atoms with Crippen molar-refractivity contribution in [1.82, 2.24) is 9.47 Å². The van der Waals surface area contributed by atoms with Gasteiger partial charge in [0.15, 0.2) is 0 Å². The summed E-state index contributed by atoms with van der Waals surface area (Å²) in [5.74, 6) is 0. The lowest BCUT2D eigenvalue weighted by molar-refractivity contribution is 0.414. The zero-order chi connectivity index (χ0) is 12.3. The third-order valence-electron chi connectivity index (χ3n) is 3.21. The third-order valence-corrected chi connectivity index (χ3v) is 3.21. The molecule has 94 valence electrons. The van der Waals surface area contributed by atoms with Crippen LogP contribution in [0.25, 0.3) is 0 Å². The highest BCUT2D eigenvalue weighted by molar-refractivity contribution is 5.41. The van der Waals surface area contributed by atoms with Crippen molar-refractivity contribution in [2.45, 2.75) is 32.4 Å². The number of nitrogens with one attached hydrogen (secondary N) is 1. The van der Waals surface area contributed by atoms with Crippen LogP contribution < -0.4 is 10.9 Å². The molecule has 1 aliphatic rings. The molecule has 0 bridgehead atoms. The van der Waals surface area contributed by atoms with Crippen LogP contribution in [-0.4, -0.2) is 35.6 Å². The second-order valence-corrected chi connectivity index (χ2v) is 4.84. The van der Waals surface area contributed by atoms with E-state index in [1.807, 2.05) is 12.3 Å². The Labute approximate surface area is 102 Å². The van der Waals surface area contributed by atoms with E-state index in [1.165, 1.54) is 6.42 Å². The number of rotatable bonds is 4. The van der Waals surface area contributed by atoms with Crippen molar-refractivity contribution in [3.63, 3.8) is 0 Å². The Balaban J connectivity index is 2.06. The van der Waals surface area contributed by atoms with Gasteiger partial charge >= 0.3 is 0 Å². The molecule has 0 aliphatic carbocycles. The van der Waals surface area contributed by atoms with Crippen LogP contribution in [0.2, 0.25) is 0 Å². The van der Waals surface area contributed by atoms with E-state index in [-0.39, 0.29) is 5.56 Å². The molecule has 0 aromatic carbocycles. The lowest BCUT2D eigenvalue weighted by atomic mass is 10.2. The molecule has 1 aliphatic heterocycles. The highest BCUT2D eigenvalue weighted by atomic mass is 16.1. The molecule has 0 radical (unpaired) electrons. The molecule has 1 aromatic rings. The van der Waals surface area contributed by atoms with Gasteiger partial charge in [0.05, 0.1) is 5.69 Å². The second kappa shape index (κ2) is 5.36. The van der Waals surface area contributed by atoms with Crippen molar-refractivity contribution in [2.24, 2.45) is 0 Å². The fraction of sp³-hybridized carbons (Fsp3) is 0.615. The lowest BCUT2D eigenvalue weighted by Gasteiger charge is -2.15.